The third-order valence-corrected chi connectivity index (χ3v) is 3.44. The Morgan fingerprint density at radius 1 is 1.15 bits per heavy atom. The van der Waals surface area contributed by atoms with Gasteiger partial charge in [-0.2, -0.15) is 0 Å². The summed E-state index contributed by atoms with van der Waals surface area (Å²) in [6.45, 7) is 3.03. The Kier molecular flexibility index (Phi) is 5.12. The van der Waals surface area contributed by atoms with Crippen LogP contribution < -0.4 is 10.6 Å². The highest BCUT2D eigenvalue weighted by molar-refractivity contribution is 9.10. The first-order valence-corrected chi connectivity index (χ1v) is 7.10. The molecule has 5 heteroatoms. The van der Waals surface area contributed by atoms with E-state index in [-0.39, 0.29) is 6.03 Å². The second-order valence-electron chi connectivity index (χ2n) is 4.46. The Hall–Kier alpha value is -1.88. The van der Waals surface area contributed by atoms with Crippen molar-refractivity contribution in [3.63, 3.8) is 0 Å². The van der Waals surface area contributed by atoms with Gasteiger partial charge in [-0.25, -0.2) is 4.79 Å². The first kappa shape index (κ1) is 14.5. The fraction of sp³-hybridized carbons (Fsp3) is 0.200. The summed E-state index contributed by atoms with van der Waals surface area (Å²) in [4.78, 5) is 15.7. The lowest BCUT2D eigenvalue weighted by atomic mass is 10.1. The standard InChI is InChI=1S/C15H16BrN3O/c1-11-8-14(16)3-2-13(11)10-19-15(20)18-9-12-4-6-17-7-5-12/h2-8H,9-10H2,1H3,(H2,18,19,20). The average molecular weight is 334 g/mol. The molecule has 0 aliphatic rings. The van der Waals surface area contributed by atoms with Gasteiger partial charge in [0.2, 0.25) is 0 Å². The van der Waals surface area contributed by atoms with E-state index in [4.69, 9.17) is 0 Å². The van der Waals surface area contributed by atoms with E-state index in [1.807, 2.05) is 37.3 Å². The number of aromatic nitrogens is 1. The minimum Gasteiger partial charge on any atom is -0.334 e. The third-order valence-electron chi connectivity index (χ3n) is 2.95. The number of amides is 2. The van der Waals surface area contributed by atoms with E-state index in [2.05, 4.69) is 31.5 Å². The number of urea groups is 1. The van der Waals surface area contributed by atoms with Gasteiger partial charge in [-0.15, -0.1) is 0 Å². The Balaban J connectivity index is 1.80. The second-order valence-corrected chi connectivity index (χ2v) is 5.38. The first-order valence-electron chi connectivity index (χ1n) is 6.31. The highest BCUT2D eigenvalue weighted by Crippen LogP contribution is 2.15. The van der Waals surface area contributed by atoms with E-state index >= 15 is 0 Å². The van der Waals surface area contributed by atoms with Crippen LogP contribution in [0.25, 0.3) is 0 Å². The summed E-state index contributed by atoms with van der Waals surface area (Å²) in [6, 6.07) is 9.58. The highest BCUT2D eigenvalue weighted by Gasteiger charge is 2.03. The van der Waals surface area contributed by atoms with Crippen molar-refractivity contribution in [1.29, 1.82) is 0 Å². The lowest BCUT2D eigenvalue weighted by Crippen LogP contribution is -2.34. The van der Waals surface area contributed by atoms with Gasteiger partial charge in [0, 0.05) is 30.0 Å². The molecule has 2 rings (SSSR count). The molecule has 1 heterocycles. The van der Waals surface area contributed by atoms with Crippen LogP contribution in [0.1, 0.15) is 16.7 Å². The summed E-state index contributed by atoms with van der Waals surface area (Å²) in [5.41, 5.74) is 3.27. The molecule has 4 nitrogen and oxygen atoms in total. The van der Waals surface area contributed by atoms with Crippen LogP contribution in [0.2, 0.25) is 0 Å². The summed E-state index contributed by atoms with van der Waals surface area (Å²) in [7, 11) is 0. The van der Waals surface area contributed by atoms with Crippen LogP contribution in [0.15, 0.2) is 47.2 Å². The Morgan fingerprint density at radius 3 is 2.55 bits per heavy atom. The summed E-state index contributed by atoms with van der Waals surface area (Å²) in [5, 5.41) is 5.66. The number of pyridine rings is 1. The van der Waals surface area contributed by atoms with Gasteiger partial charge >= 0.3 is 6.03 Å². The van der Waals surface area contributed by atoms with Crippen molar-refractivity contribution >= 4 is 22.0 Å². The molecule has 1 aromatic carbocycles. The van der Waals surface area contributed by atoms with Crippen LogP contribution >= 0.6 is 15.9 Å². The molecule has 0 fully saturated rings. The maximum atomic E-state index is 11.7. The van der Waals surface area contributed by atoms with Crippen molar-refractivity contribution in [1.82, 2.24) is 15.6 Å². The second kappa shape index (κ2) is 7.05. The molecule has 20 heavy (non-hydrogen) atoms. The van der Waals surface area contributed by atoms with Gasteiger partial charge in [0.15, 0.2) is 0 Å². The molecule has 104 valence electrons. The van der Waals surface area contributed by atoms with Crippen LogP contribution in [0.4, 0.5) is 4.79 Å². The minimum atomic E-state index is -0.177. The van der Waals surface area contributed by atoms with E-state index in [0.29, 0.717) is 13.1 Å². The summed E-state index contributed by atoms with van der Waals surface area (Å²) >= 11 is 3.42. The number of carbonyl (C=O) groups is 1. The number of rotatable bonds is 4. The third kappa shape index (κ3) is 4.35. The number of nitrogens with zero attached hydrogens (tertiary/aromatic N) is 1. The predicted molar refractivity (Wildman–Crippen MR) is 82.2 cm³/mol. The van der Waals surface area contributed by atoms with Crippen LogP contribution in [-0.4, -0.2) is 11.0 Å². The molecular weight excluding hydrogens is 318 g/mol. The van der Waals surface area contributed by atoms with Gasteiger partial charge in [-0.05, 0) is 47.9 Å². The van der Waals surface area contributed by atoms with Crippen molar-refractivity contribution in [3.8, 4) is 0 Å². The van der Waals surface area contributed by atoms with Crippen molar-refractivity contribution in [2.24, 2.45) is 0 Å². The quantitative estimate of drug-likeness (QED) is 0.902. The van der Waals surface area contributed by atoms with Crippen LogP contribution in [0.3, 0.4) is 0 Å². The molecule has 0 spiro atoms. The molecule has 0 saturated heterocycles. The highest BCUT2D eigenvalue weighted by atomic mass is 79.9. The molecular formula is C15H16BrN3O. The monoisotopic (exact) mass is 333 g/mol. The SMILES string of the molecule is Cc1cc(Br)ccc1CNC(=O)NCc1ccncc1. The Labute approximate surface area is 126 Å². The normalized spacial score (nSPS) is 10.1. The van der Waals surface area contributed by atoms with Crippen molar-refractivity contribution in [2.45, 2.75) is 20.0 Å². The molecule has 2 amide bonds. The van der Waals surface area contributed by atoms with Gasteiger partial charge in [0.25, 0.3) is 0 Å². The first-order chi connectivity index (χ1) is 9.65. The van der Waals surface area contributed by atoms with Crippen LogP contribution in [-0.2, 0) is 13.1 Å². The van der Waals surface area contributed by atoms with Gasteiger partial charge in [-0.3, -0.25) is 4.98 Å². The molecule has 0 radical (unpaired) electrons. The van der Waals surface area contributed by atoms with Gasteiger partial charge < -0.3 is 10.6 Å². The average Bonchev–Trinajstić information content (AvgIpc) is 2.45. The zero-order valence-electron chi connectivity index (χ0n) is 11.2. The van der Waals surface area contributed by atoms with E-state index in [0.717, 1.165) is 21.2 Å². The molecule has 0 aliphatic heterocycles. The molecule has 2 aromatic rings. The number of aryl methyl sites for hydroxylation is 1. The number of nitrogens with one attached hydrogen (secondary N) is 2. The van der Waals surface area contributed by atoms with E-state index in [1.165, 1.54) is 0 Å². The predicted octanol–water partition coefficient (Wildman–Crippen LogP) is 3.15. The van der Waals surface area contributed by atoms with Crippen molar-refractivity contribution in [2.75, 3.05) is 0 Å². The zero-order valence-corrected chi connectivity index (χ0v) is 12.8. The summed E-state index contributed by atoms with van der Waals surface area (Å²) in [6.07, 6.45) is 3.42. The molecule has 2 N–H and O–H groups in total. The zero-order chi connectivity index (χ0) is 14.4. The number of hydrogen-bond acceptors (Lipinski definition) is 2. The molecule has 0 aliphatic carbocycles. The largest absolute Gasteiger partial charge is 0.334 e. The van der Waals surface area contributed by atoms with Crippen LogP contribution in [0.5, 0.6) is 0 Å². The number of benzene rings is 1. The topological polar surface area (TPSA) is 54.0 Å². The van der Waals surface area contributed by atoms with Gasteiger partial charge in [0.1, 0.15) is 0 Å². The maximum absolute atomic E-state index is 11.7. The molecule has 0 bridgehead atoms. The number of halogens is 1. The lowest BCUT2D eigenvalue weighted by molar-refractivity contribution is 0.240. The summed E-state index contributed by atoms with van der Waals surface area (Å²) < 4.78 is 1.04. The van der Waals surface area contributed by atoms with Gasteiger partial charge in [-0.1, -0.05) is 22.0 Å². The van der Waals surface area contributed by atoms with E-state index in [1.54, 1.807) is 12.4 Å². The van der Waals surface area contributed by atoms with Gasteiger partial charge in [0.05, 0.1) is 0 Å². The lowest BCUT2D eigenvalue weighted by Gasteiger charge is -2.10. The van der Waals surface area contributed by atoms with Crippen molar-refractivity contribution in [3.05, 3.63) is 63.9 Å². The van der Waals surface area contributed by atoms with Crippen LogP contribution in [0, 0.1) is 6.92 Å². The smallest absolute Gasteiger partial charge is 0.315 e. The fourth-order valence-electron chi connectivity index (χ4n) is 1.78. The van der Waals surface area contributed by atoms with E-state index < -0.39 is 0 Å². The van der Waals surface area contributed by atoms with Crippen molar-refractivity contribution < 1.29 is 4.79 Å². The number of hydrogen-bond donors (Lipinski definition) is 2. The molecule has 0 saturated carbocycles. The maximum Gasteiger partial charge on any atom is 0.315 e. The van der Waals surface area contributed by atoms with E-state index in [9.17, 15) is 4.79 Å². The fourth-order valence-corrected chi connectivity index (χ4v) is 2.25. The minimum absolute atomic E-state index is 0.177. The Morgan fingerprint density at radius 2 is 1.85 bits per heavy atom. The molecule has 0 unspecified atom stereocenters. The summed E-state index contributed by atoms with van der Waals surface area (Å²) in [5.74, 6) is 0. The number of carbonyl (C=O) groups excluding carboxylic acids is 1. The molecule has 1 aromatic heterocycles. The Bertz CT molecular complexity index is 587. The molecule has 0 atom stereocenters.